The topological polar surface area (TPSA) is 33.2 Å². The molecule has 0 spiro atoms. The second-order valence-corrected chi connectivity index (χ2v) is 6.15. The van der Waals surface area contributed by atoms with Crippen molar-refractivity contribution in [3.63, 3.8) is 0 Å². The van der Waals surface area contributed by atoms with Crippen molar-refractivity contribution in [1.29, 1.82) is 0 Å². The summed E-state index contributed by atoms with van der Waals surface area (Å²) in [6.45, 7) is 0.566. The first kappa shape index (κ1) is 14.7. The summed E-state index contributed by atoms with van der Waals surface area (Å²) >= 11 is 3.34. The third-order valence-electron chi connectivity index (χ3n) is 3.53. The molecule has 0 radical (unpaired) electrons. The molecule has 0 fully saturated rings. The first-order valence-corrected chi connectivity index (χ1v) is 7.76. The van der Waals surface area contributed by atoms with Crippen molar-refractivity contribution in [2.24, 2.45) is 0 Å². The SMILES string of the molecule is CN(Cc1ccc2ccccc2c1)C(=O)c1cncc(Br)c1. The van der Waals surface area contributed by atoms with E-state index in [4.69, 9.17) is 0 Å². The fraction of sp³-hybridized carbons (Fsp3) is 0.111. The summed E-state index contributed by atoms with van der Waals surface area (Å²) in [5, 5.41) is 2.39. The van der Waals surface area contributed by atoms with Crippen LogP contribution in [0.5, 0.6) is 0 Å². The van der Waals surface area contributed by atoms with Gasteiger partial charge in [0.25, 0.3) is 5.91 Å². The van der Waals surface area contributed by atoms with Gasteiger partial charge in [-0.2, -0.15) is 0 Å². The molecule has 22 heavy (non-hydrogen) atoms. The molecular formula is C18H15BrN2O. The van der Waals surface area contributed by atoms with E-state index in [0.717, 1.165) is 10.0 Å². The van der Waals surface area contributed by atoms with E-state index in [-0.39, 0.29) is 5.91 Å². The Morgan fingerprint density at radius 1 is 1.09 bits per heavy atom. The van der Waals surface area contributed by atoms with Crippen LogP contribution < -0.4 is 0 Å². The van der Waals surface area contributed by atoms with Crippen molar-refractivity contribution in [3.8, 4) is 0 Å². The van der Waals surface area contributed by atoms with Crippen molar-refractivity contribution >= 4 is 32.6 Å². The summed E-state index contributed by atoms with van der Waals surface area (Å²) in [4.78, 5) is 18.2. The fourth-order valence-corrected chi connectivity index (χ4v) is 2.80. The molecule has 0 aliphatic heterocycles. The maximum atomic E-state index is 12.4. The fourth-order valence-electron chi connectivity index (χ4n) is 2.43. The number of benzene rings is 2. The van der Waals surface area contributed by atoms with E-state index in [9.17, 15) is 4.79 Å². The lowest BCUT2D eigenvalue weighted by Crippen LogP contribution is -2.26. The van der Waals surface area contributed by atoms with Gasteiger partial charge in [0.15, 0.2) is 0 Å². The molecule has 0 saturated carbocycles. The number of carbonyl (C=O) groups excluding carboxylic acids is 1. The van der Waals surface area contributed by atoms with Gasteiger partial charge in [-0.25, -0.2) is 0 Å². The molecule has 3 nitrogen and oxygen atoms in total. The number of fused-ring (bicyclic) bond motifs is 1. The molecule has 0 aliphatic carbocycles. The first-order chi connectivity index (χ1) is 10.6. The number of hydrogen-bond acceptors (Lipinski definition) is 2. The smallest absolute Gasteiger partial charge is 0.255 e. The number of rotatable bonds is 3. The second kappa shape index (κ2) is 6.28. The van der Waals surface area contributed by atoms with Crippen LogP contribution in [-0.2, 0) is 6.54 Å². The lowest BCUT2D eigenvalue weighted by Gasteiger charge is -2.17. The Morgan fingerprint density at radius 2 is 1.86 bits per heavy atom. The van der Waals surface area contributed by atoms with Gasteiger partial charge in [-0.05, 0) is 44.4 Å². The standard InChI is InChI=1S/C18H15BrN2O/c1-21(18(22)16-9-17(19)11-20-10-16)12-13-6-7-14-4-2-3-5-15(14)8-13/h2-11H,12H2,1H3. The predicted molar refractivity (Wildman–Crippen MR) is 91.7 cm³/mol. The second-order valence-electron chi connectivity index (χ2n) is 5.23. The molecular weight excluding hydrogens is 340 g/mol. The maximum absolute atomic E-state index is 12.4. The molecule has 1 aromatic heterocycles. The molecule has 1 amide bonds. The molecule has 0 N–H and O–H groups in total. The van der Waals surface area contributed by atoms with Gasteiger partial charge in [0.1, 0.15) is 0 Å². The predicted octanol–water partition coefficient (Wildman–Crippen LogP) is 4.27. The van der Waals surface area contributed by atoms with E-state index in [1.54, 1.807) is 30.4 Å². The highest BCUT2D eigenvalue weighted by molar-refractivity contribution is 9.10. The lowest BCUT2D eigenvalue weighted by molar-refractivity contribution is 0.0784. The van der Waals surface area contributed by atoms with Crippen LogP contribution in [0.2, 0.25) is 0 Å². The Labute approximate surface area is 137 Å². The number of carbonyl (C=O) groups is 1. The van der Waals surface area contributed by atoms with E-state index < -0.39 is 0 Å². The summed E-state index contributed by atoms with van der Waals surface area (Å²) in [6, 6.07) is 16.3. The largest absolute Gasteiger partial charge is 0.337 e. The van der Waals surface area contributed by atoms with Gasteiger partial charge in [0.05, 0.1) is 5.56 Å². The van der Waals surface area contributed by atoms with Gasteiger partial charge in [0.2, 0.25) is 0 Å². The van der Waals surface area contributed by atoms with Gasteiger partial charge >= 0.3 is 0 Å². The third kappa shape index (κ3) is 3.17. The van der Waals surface area contributed by atoms with E-state index in [2.05, 4.69) is 51.2 Å². The van der Waals surface area contributed by atoms with E-state index in [1.165, 1.54) is 10.8 Å². The Morgan fingerprint density at radius 3 is 2.64 bits per heavy atom. The average Bonchev–Trinajstić information content (AvgIpc) is 2.54. The molecule has 0 unspecified atom stereocenters. The van der Waals surface area contributed by atoms with Gasteiger partial charge in [-0.15, -0.1) is 0 Å². The molecule has 1 heterocycles. The monoisotopic (exact) mass is 354 g/mol. The molecule has 110 valence electrons. The maximum Gasteiger partial charge on any atom is 0.255 e. The van der Waals surface area contributed by atoms with Crippen LogP contribution in [-0.4, -0.2) is 22.8 Å². The van der Waals surface area contributed by atoms with Crippen LogP contribution in [0.25, 0.3) is 10.8 Å². The summed E-state index contributed by atoms with van der Waals surface area (Å²) in [6.07, 6.45) is 3.25. The summed E-state index contributed by atoms with van der Waals surface area (Å²) in [5.74, 6) is -0.0399. The number of hydrogen-bond donors (Lipinski definition) is 0. The Hall–Kier alpha value is -2.20. The zero-order valence-electron chi connectivity index (χ0n) is 12.2. The summed E-state index contributed by atoms with van der Waals surface area (Å²) in [5.41, 5.74) is 1.69. The lowest BCUT2D eigenvalue weighted by atomic mass is 10.1. The first-order valence-electron chi connectivity index (χ1n) is 6.97. The Kier molecular flexibility index (Phi) is 4.20. The third-order valence-corrected chi connectivity index (χ3v) is 3.97. The normalized spacial score (nSPS) is 10.6. The highest BCUT2D eigenvalue weighted by Crippen LogP contribution is 2.17. The van der Waals surface area contributed by atoms with Crippen molar-refractivity contribution in [3.05, 3.63) is 76.5 Å². The van der Waals surface area contributed by atoms with Crippen molar-refractivity contribution in [1.82, 2.24) is 9.88 Å². The van der Waals surface area contributed by atoms with Gasteiger partial charge in [-0.1, -0.05) is 36.4 Å². The highest BCUT2D eigenvalue weighted by Gasteiger charge is 2.13. The molecule has 2 aromatic carbocycles. The molecule has 0 aliphatic rings. The van der Waals surface area contributed by atoms with Crippen LogP contribution in [0.1, 0.15) is 15.9 Å². The molecule has 0 bridgehead atoms. The number of aromatic nitrogens is 1. The van der Waals surface area contributed by atoms with Crippen LogP contribution in [0.15, 0.2) is 65.4 Å². The van der Waals surface area contributed by atoms with Crippen LogP contribution in [0.3, 0.4) is 0 Å². The number of pyridine rings is 1. The summed E-state index contributed by atoms with van der Waals surface area (Å²) in [7, 11) is 1.80. The summed E-state index contributed by atoms with van der Waals surface area (Å²) < 4.78 is 0.803. The van der Waals surface area contributed by atoms with Gasteiger partial charge < -0.3 is 4.90 Å². The van der Waals surface area contributed by atoms with Crippen LogP contribution in [0.4, 0.5) is 0 Å². The molecule has 3 rings (SSSR count). The average molecular weight is 355 g/mol. The van der Waals surface area contributed by atoms with Gasteiger partial charge in [0, 0.05) is 30.5 Å². The van der Waals surface area contributed by atoms with Crippen LogP contribution >= 0.6 is 15.9 Å². The van der Waals surface area contributed by atoms with Gasteiger partial charge in [-0.3, -0.25) is 9.78 Å². The molecule has 0 atom stereocenters. The minimum Gasteiger partial charge on any atom is -0.337 e. The zero-order chi connectivity index (χ0) is 15.5. The Bertz CT molecular complexity index is 832. The molecule has 0 saturated heterocycles. The highest BCUT2D eigenvalue weighted by atomic mass is 79.9. The molecule has 3 aromatic rings. The van der Waals surface area contributed by atoms with E-state index in [1.807, 2.05) is 12.1 Å². The minimum absolute atomic E-state index is 0.0399. The van der Waals surface area contributed by atoms with Crippen molar-refractivity contribution < 1.29 is 4.79 Å². The zero-order valence-corrected chi connectivity index (χ0v) is 13.7. The molecule has 4 heteroatoms. The van der Waals surface area contributed by atoms with E-state index >= 15 is 0 Å². The van der Waals surface area contributed by atoms with Crippen LogP contribution in [0, 0.1) is 0 Å². The number of amides is 1. The number of nitrogens with zero attached hydrogens (tertiary/aromatic N) is 2. The van der Waals surface area contributed by atoms with E-state index in [0.29, 0.717) is 12.1 Å². The van der Waals surface area contributed by atoms with Crippen molar-refractivity contribution in [2.45, 2.75) is 6.54 Å². The Balaban J connectivity index is 1.80. The minimum atomic E-state index is -0.0399. The quantitative estimate of drug-likeness (QED) is 0.703. The van der Waals surface area contributed by atoms with Crippen molar-refractivity contribution in [2.75, 3.05) is 7.05 Å². The number of halogens is 1.